The largest absolute Gasteiger partial charge is 0.383 e. The van der Waals surface area contributed by atoms with Gasteiger partial charge in [-0.15, -0.1) is 10.2 Å². The second-order valence-corrected chi connectivity index (χ2v) is 5.27. The summed E-state index contributed by atoms with van der Waals surface area (Å²) in [6.45, 7) is 6.09. The quantitative estimate of drug-likeness (QED) is 0.718. The minimum Gasteiger partial charge on any atom is -0.383 e. The molecular weight excluding hydrogens is 242 g/mol. The smallest absolute Gasteiger partial charge is 0.146 e. The van der Waals surface area contributed by atoms with Gasteiger partial charge < -0.3 is 14.6 Å². The fourth-order valence-electron chi connectivity index (χ4n) is 2.48. The first kappa shape index (κ1) is 14.4. The van der Waals surface area contributed by atoms with Gasteiger partial charge in [-0.25, -0.2) is 0 Å². The SMILES string of the molecule is COCCNCC1CCN(Cc2nncn2C)CC1. The molecule has 19 heavy (non-hydrogen) atoms. The molecule has 1 aromatic rings. The van der Waals surface area contributed by atoms with E-state index in [9.17, 15) is 0 Å². The first-order valence-electron chi connectivity index (χ1n) is 7.04. The zero-order valence-corrected chi connectivity index (χ0v) is 12.0. The molecule has 6 heteroatoms. The number of ether oxygens (including phenoxy) is 1. The van der Waals surface area contributed by atoms with Crippen LogP contribution >= 0.6 is 0 Å². The van der Waals surface area contributed by atoms with Gasteiger partial charge in [-0.3, -0.25) is 4.90 Å². The van der Waals surface area contributed by atoms with Gasteiger partial charge in [-0.05, 0) is 38.4 Å². The van der Waals surface area contributed by atoms with Crippen LogP contribution in [0.15, 0.2) is 6.33 Å². The summed E-state index contributed by atoms with van der Waals surface area (Å²) < 4.78 is 7.03. The molecule has 1 aromatic heterocycles. The molecule has 0 saturated carbocycles. The number of aromatic nitrogens is 3. The number of piperidine rings is 1. The van der Waals surface area contributed by atoms with Crippen LogP contribution in [-0.2, 0) is 18.3 Å². The first-order chi connectivity index (χ1) is 9.29. The van der Waals surface area contributed by atoms with Crippen LogP contribution in [0.1, 0.15) is 18.7 Å². The predicted octanol–water partition coefficient (Wildman–Crippen LogP) is 0.263. The number of likely N-dealkylation sites (tertiary alicyclic amines) is 1. The number of hydrogen-bond donors (Lipinski definition) is 1. The topological polar surface area (TPSA) is 55.2 Å². The van der Waals surface area contributed by atoms with E-state index in [0.717, 1.165) is 51.1 Å². The van der Waals surface area contributed by atoms with Gasteiger partial charge in [0, 0.05) is 20.7 Å². The van der Waals surface area contributed by atoms with Crippen molar-refractivity contribution >= 4 is 0 Å². The molecular formula is C13H25N5O. The molecule has 0 aromatic carbocycles. The molecule has 1 N–H and O–H groups in total. The third-order valence-electron chi connectivity index (χ3n) is 3.79. The molecule has 0 aliphatic carbocycles. The van der Waals surface area contributed by atoms with Crippen molar-refractivity contribution in [3.05, 3.63) is 12.2 Å². The zero-order valence-electron chi connectivity index (χ0n) is 12.0. The monoisotopic (exact) mass is 267 g/mol. The molecule has 108 valence electrons. The van der Waals surface area contributed by atoms with E-state index in [1.165, 1.54) is 12.8 Å². The fourth-order valence-corrected chi connectivity index (χ4v) is 2.48. The van der Waals surface area contributed by atoms with E-state index in [2.05, 4.69) is 20.4 Å². The maximum atomic E-state index is 5.03. The maximum Gasteiger partial charge on any atom is 0.146 e. The van der Waals surface area contributed by atoms with Crippen molar-refractivity contribution in [2.75, 3.05) is 39.9 Å². The summed E-state index contributed by atoms with van der Waals surface area (Å²) >= 11 is 0. The van der Waals surface area contributed by atoms with Gasteiger partial charge in [-0.1, -0.05) is 0 Å². The Bertz CT molecular complexity index is 360. The number of nitrogens with zero attached hydrogens (tertiary/aromatic N) is 4. The Labute approximate surface area is 115 Å². The molecule has 0 bridgehead atoms. The lowest BCUT2D eigenvalue weighted by atomic mass is 9.97. The van der Waals surface area contributed by atoms with Gasteiger partial charge in [0.25, 0.3) is 0 Å². The van der Waals surface area contributed by atoms with Crippen molar-refractivity contribution in [3.8, 4) is 0 Å². The van der Waals surface area contributed by atoms with E-state index >= 15 is 0 Å². The number of hydrogen-bond acceptors (Lipinski definition) is 5. The Morgan fingerprint density at radius 3 is 2.84 bits per heavy atom. The average molecular weight is 267 g/mol. The molecule has 0 amide bonds. The Kier molecular flexibility index (Phi) is 5.75. The first-order valence-corrected chi connectivity index (χ1v) is 7.04. The molecule has 0 spiro atoms. The standard InChI is InChI=1S/C13H25N5O/c1-17-11-15-16-13(17)10-18-6-3-12(4-7-18)9-14-5-8-19-2/h11-12,14H,3-10H2,1-2H3. The molecule has 1 saturated heterocycles. The summed E-state index contributed by atoms with van der Waals surface area (Å²) in [6, 6.07) is 0. The van der Waals surface area contributed by atoms with Gasteiger partial charge in [0.15, 0.2) is 0 Å². The minimum atomic E-state index is 0.797. The lowest BCUT2D eigenvalue weighted by molar-refractivity contribution is 0.164. The van der Waals surface area contributed by atoms with E-state index < -0.39 is 0 Å². The molecule has 1 aliphatic heterocycles. The molecule has 2 rings (SSSR count). The average Bonchev–Trinajstić information content (AvgIpc) is 2.82. The third kappa shape index (κ3) is 4.56. The molecule has 0 atom stereocenters. The van der Waals surface area contributed by atoms with E-state index in [1.54, 1.807) is 13.4 Å². The van der Waals surface area contributed by atoms with Crippen molar-refractivity contribution in [2.24, 2.45) is 13.0 Å². The lowest BCUT2D eigenvalue weighted by Crippen LogP contribution is -2.37. The van der Waals surface area contributed by atoms with Crippen molar-refractivity contribution in [1.29, 1.82) is 0 Å². The van der Waals surface area contributed by atoms with Crippen LogP contribution in [0.4, 0.5) is 0 Å². The normalized spacial score (nSPS) is 18.0. The third-order valence-corrected chi connectivity index (χ3v) is 3.79. The number of rotatable bonds is 7. The molecule has 1 fully saturated rings. The Hall–Kier alpha value is -0.980. The Morgan fingerprint density at radius 1 is 1.42 bits per heavy atom. The van der Waals surface area contributed by atoms with Gasteiger partial charge in [0.1, 0.15) is 12.2 Å². The van der Waals surface area contributed by atoms with E-state index in [0.29, 0.717) is 0 Å². The highest BCUT2D eigenvalue weighted by Gasteiger charge is 2.19. The van der Waals surface area contributed by atoms with Crippen LogP contribution in [0.25, 0.3) is 0 Å². The van der Waals surface area contributed by atoms with Crippen molar-refractivity contribution in [3.63, 3.8) is 0 Å². The Balaban J connectivity index is 1.64. The van der Waals surface area contributed by atoms with E-state index in [-0.39, 0.29) is 0 Å². The van der Waals surface area contributed by atoms with E-state index in [4.69, 9.17) is 4.74 Å². The van der Waals surface area contributed by atoms with Crippen molar-refractivity contribution in [2.45, 2.75) is 19.4 Å². The number of nitrogens with one attached hydrogen (secondary N) is 1. The maximum absolute atomic E-state index is 5.03. The van der Waals surface area contributed by atoms with Crippen LogP contribution in [-0.4, -0.2) is 59.6 Å². The zero-order chi connectivity index (χ0) is 13.5. The van der Waals surface area contributed by atoms with Crippen LogP contribution in [0.2, 0.25) is 0 Å². The van der Waals surface area contributed by atoms with Gasteiger partial charge >= 0.3 is 0 Å². The summed E-state index contributed by atoms with van der Waals surface area (Å²) in [7, 11) is 3.74. The van der Waals surface area contributed by atoms with Crippen LogP contribution < -0.4 is 5.32 Å². The number of methoxy groups -OCH3 is 1. The van der Waals surface area contributed by atoms with Crippen molar-refractivity contribution < 1.29 is 4.74 Å². The Morgan fingerprint density at radius 2 is 2.21 bits per heavy atom. The van der Waals surface area contributed by atoms with Gasteiger partial charge in [0.2, 0.25) is 0 Å². The molecule has 0 radical (unpaired) electrons. The highest BCUT2D eigenvalue weighted by molar-refractivity contribution is 4.86. The van der Waals surface area contributed by atoms with Gasteiger partial charge in [-0.2, -0.15) is 0 Å². The lowest BCUT2D eigenvalue weighted by Gasteiger charge is -2.31. The van der Waals surface area contributed by atoms with E-state index in [1.807, 2.05) is 11.6 Å². The molecule has 1 aliphatic rings. The fraction of sp³-hybridized carbons (Fsp3) is 0.846. The summed E-state index contributed by atoms with van der Waals surface area (Å²) in [4.78, 5) is 2.47. The molecule has 2 heterocycles. The predicted molar refractivity (Wildman–Crippen MR) is 73.7 cm³/mol. The second-order valence-electron chi connectivity index (χ2n) is 5.27. The molecule has 0 unspecified atom stereocenters. The minimum absolute atomic E-state index is 0.797. The summed E-state index contributed by atoms with van der Waals surface area (Å²) in [5.41, 5.74) is 0. The molecule has 6 nitrogen and oxygen atoms in total. The van der Waals surface area contributed by atoms with Crippen LogP contribution in [0.5, 0.6) is 0 Å². The van der Waals surface area contributed by atoms with Crippen LogP contribution in [0.3, 0.4) is 0 Å². The van der Waals surface area contributed by atoms with Crippen LogP contribution in [0, 0.1) is 5.92 Å². The summed E-state index contributed by atoms with van der Waals surface area (Å²) in [6.07, 6.45) is 4.29. The van der Waals surface area contributed by atoms with Gasteiger partial charge in [0.05, 0.1) is 13.2 Å². The highest BCUT2D eigenvalue weighted by atomic mass is 16.5. The number of aryl methyl sites for hydroxylation is 1. The summed E-state index contributed by atoms with van der Waals surface area (Å²) in [5, 5.41) is 11.5. The summed E-state index contributed by atoms with van der Waals surface area (Å²) in [5.74, 6) is 1.85. The highest BCUT2D eigenvalue weighted by Crippen LogP contribution is 2.17. The second kappa shape index (κ2) is 7.57. The van der Waals surface area contributed by atoms with Crippen molar-refractivity contribution in [1.82, 2.24) is 25.0 Å².